The van der Waals surface area contributed by atoms with E-state index in [0.29, 0.717) is 27.4 Å². The first-order valence-electron chi connectivity index (χ1n) is 5.21. The number of hydrogen-bond acceptors (Lipinski definition) is 4. The lowest BCUT2D eigenvalue weighted by Gasteiger charge is -2.10. The minimum absolute atomic E-state index is 0.393. The Hall–Kier alpha value is -2.06. The number of anilines is 1. The number of para-hydroxylation sites is 1. The minimum Gasteiger partial charge on any atom is -0.436 e. The summed E-state index contributed by atoms with van der Waals surface area (Å²) in [5.41, 5.74) is 7.64. The van der Waals surface area contributed by atoms with Crippen molar-refractivity contribution < 1.29 is 4.74 Å². The van der Waals surface area contributed by atoms with E-state index in [2.05, 4.69) is 27.0 Å². The number of nitrogen functional groups attached to an aromatic ring is 1. The fraction of sp³-hybridized carbons (Fsp3) is 0.0769. The van der Waals surface area contributed by atoms with Gasteiger partial charge < -0.3 is 10.5 Å². The molecule has 1 aromatic carbocycles. The number of aromatic nitrogens is 1. The van der Waals surface area contributed by atoms with Crippen LogP contribution in [0.2, 0.25) is 0 Å². The second-order valence-corrected chi connectivity index (χ2v) is 4.46. The van der Waals surface area contributed by atoms with Crippen molar-refractivity contribution in [2.24, 2.45) is 0 Å². The van der Waals surface area contributed by atoms with E-state index < -0.39 is 0 Å². The Morgan fingerprint density at radius 1 is 1.39 bits per heavy atom. The molecule has 18 heavy (non-hydrogen) atoms. The maximum absolute atomic E-state index is 8.98. The number of rotatable bonds is 2. The van der Waals surface area contributed by atoms with E-state index in [1.54, 1.807) is 24.3 Å². The number of pyridine rings is 1. The number of benzene rings is 1. The van der Waals surface area contributed by atoms with Crippen LogP contribution >= 0.6 is 15.9 Å². The molecular formula is C13H10BrN3O. The SMILES string of the molecule is Cc1c(N)cnc(Oc2ccccc2C#N)c1Br. The molecule has 0 aliphatic heterocycles. The lowest BCUT2D eigenvalue weighted by atomic mass is 10.2. The Bertz CT molecular complexity index is 635. The summed E-state index contributed by atoms with van der Waals surface area (Å²) in [5.74, 6) is 0.863. The average molecular weight is 304 g/mol. The van der Waals surface area contributed by atoms with Gasteiger partial charge in [-0.3, -0.25) is 0 Å². The van der Waals surface area contributed by atoms with Gasteiger partial charge in [-0.25, -0.2) is 4.98 Å². The zero-order valence-electron chi connectivity index (χ0n) is 9.64. The number of nitrogens with zero attached hydrogens (tertiary/aromatic N) is 2. The smallest absolute Gasteiger partial charge is 0.234 e. The normalized spacial score (nSPS) is 9.83. The van der Waals surface area contributed by atoms with Gasteiger partial charge in [0.1, 0.15) is 11.8 Å². The second kappa shape index (κ2) is 5.07. The van der Waals surface area contributed by atoms with Crippen LogP contribution in [-0.4, -0.2) is 4.98 Å². The summed E-state index contributed by atoms with van der Waals surface area (Å²) in [5, 5.41) is 8.98. The highest BCUT2D eigenvalue weighted by molar-refractivity contribution is 9.10. The zero-order valence-corrected chi connectivity index (χ0v) is 11.2. The zero-order chi connectivity index (χ0) is 13.1. The molecule has 0 unspecified atom stereocenters. The third-order valence-electron chi connectivity index (χ3n) is 2.49. The van der Waals surface area contributed by atoms with Gasteiger partial charge in [-0.15, -0.1) is 0 Å². The Balaban J connectivity index is 2.41. The van der Waals surface area contributed by atoms with E-state index in [9.17, 15) is 0 Å². The van der Waals surface area contributed by atoms with Gasteiger partial charge in [-0.2, -0.15) is 5.26 Å². The van der Waals surface area contributed by atoms with Crippen molar-refractivity contribution in [2.75, 3.05) is 5.73 Å². The van der Waals surface area contributed by atoms with E-state index in [1.165, 1.54) is 6.20 Å². The van der Waals surface area contributed by atoms with Crippen molar-refractivity contribution >= 4 is 21.6 Å². The molecule has 2 aromatic rings. The lowest BCUT2D eigenvalue weighted by molar-refractivity contribution is 0.458. The number of halogens is 1. The first-order valence-corrected chi connectivity index (χ1v) is 6.00. The fourth-order valence-corrected chi connectivity index (χ4v) is 1.80. The van der Waals surface area contributed by atoms with Crippen molar-refractivity contribution in [1.29, 1.82) is 5.26 Å². The number of ether oxygens (including phenoxy) is 1. The molecule has 0 bridgehead atoms. The maximum atomic E-state index is 8.98. The Morgan fingerprint density at radius 2 is 2.11 bits per heavy atom. The van der Waals surface area contributed by atoms with E-state index >= 15 is 0 Å². The number of nitrogens with two attached hydrogens (primary N) is 1. The van der Waals surface area contributed by atoms with Crippen molar-refractivity contribution in [3.63, 3.8) is 0 Å². The molecule has 4 nitrogen and oxygen atoms in total. The Labute approximate surface area is 113 Å². The van der Waals surface area contributed by atoms with Crippen LogP contribution in [-0.2, 0) is 0 Å². The van der Waals surface area contributed by atoms with Crippen molar-refractivity contribution in [3.05, 3.63) is 46.1 Å². The van der Waals surface area contributed by atoms with Gasteiger partial charge in [0.15, 0.2) is 0 Å². The quantitative estimate of drug-likeness (QED) is 0.923. The van der Waals surface area contributed by atoms with Gasteiger partial charge in [0.2, 0.25) is 5.88 Å². The molecule has 0 radical (unpaired) electrons. The third-order valence-corrected chi connectivity index (χ3v) is 3.42. The van der Waals surface area contributed by atoms with Gasteiger partial charge in [-0.05, 0) is 40.5 Å². The van der Waals surface area contributed by atoms with E-state index in [4.69, 9.17) is 15.7 Å². The van der Waals surface area contributed by atoms with Crippen LogP contribution < -0.4 is 10.5 Å². The molecule has 0 aliphatic rings. The van der Waals surface area contributed by atoms with Crippen LogP contribution in [0.15, 0.2) is 34.9 Å². The molecule has 0 saturated heterocycles. The second-order valence-electron chi connectivity index (χ2n) is 3.67. The molecule has 0 amide bonds. The van der Waals surface area contributed by atoms with Gasteiger partial charge in [-0.1, -0.05) is 12.1 Å². The predicted molar refractivity (Wildman–Crippen MR) is 72.3 cm³/mol. The van der Waals surface area contributed by atoms with Gasteiger partial charge >= 0.3 is 0 Å². The van der Waals surface area contributed by atoms with Gasteiger partial charge in [0, 0.05) is 0 Å². The van der Waals surface area contributed by atoms with Crippen LogP contribution in [0.4, 0.5) is 5.69 Å². The number of hydrogen-bond donors (Lipinski definition) is 1. The van der Waals surface area contributed by atoms with Crippen LogP contribution in [0.3, 0.4) is 0 Å². The summed E-state index contributed by atoms with van der Waals surface area (Å²) in [6.07, 6.45) is 1.53. The first-order chi connectivity index (χ1) is 8.63. The lowest BCUT2D eigenvalue weighted by Crippen LogP contribution is -1.97. The summed E-state index contributed by atoms with van der Waals surface area (Å²) < 4.78 is 6.32. The predicted octanol–water partition coefficient (Wildman–Crippen LogP) is 3.40. The topological polar surface area (TPSA) is 71.9 Å². The van der Waals surface area contributed by atoms with E-state index in [0.717, 1.165) is 5.56 Å². The van der Waals surface area contributed by atoms with Crippen molar-refractivity contribution in [3.8, 4) is 17.7 Å². The molecule has 2 N–H and O–H groups in total. The summed E-state index contributed by atoms with van der Waals surface area (Å²) >= 11 is 3.38. The molecule has 90 valence electrons. The summed E-state index contributed by atoms with van der Waals surface area (Å²) in [7, 11) is 0. The standard InChI is InChI=1S/C13H10BrN3O/c1-8-10(16)7-17-13(12(8)14)18-11-5-3-2-4-9(11)6-15/h2-5,7H,16H2,1H3. The molecule has 0 saturated carbocycles. The van der Waals surface area contributed by atoms with Crippen LogP contribution in [0, 0.1) is 18.3 Å². The fourth-order valence-electron chi connectivity index (χ4n) is 1.39. The summed E-state index contributed by atoms with van der Waals surface area (Å²) in [4.78, 5) is 4.11. The molecular weight excluding hydrogens is 294 g/mol. The minimum atomic E-state index is 0.393. The monoisotopic (exact) mass is 303 g/mol. The van der Waals surface area contributed by atoms with E-state index in [-0.39, 0.29) is 0 Å². The highest BCUT2D eigenvalue weighted by atomic mass is 79.9. The molecule has 1 aromatic heterocycles. The number of nitriles is 1. The van der Waals surface area contributed by atoms with Crippen molar-refractivity contribution in [1.82, 2.24) is 4.98 Å². The van der Waals surface area contributed by atoms with E-state index in [1.807, 2.05) is 6.92 Å². The molecule has 5 heteroatoms. The van der Waals surface area contributed by atoms with Crippen molar-refractivity contribution in [2.45, 2.75) is 6.92 Å². The molecule has 0 atom stereocenters. The molecule has 1 heterocycles. The highest BCUT2D eigenvalue weighted by Crippen LogP contribution is 2.33. The molecule has 0 fully saturated rings. The van der Waals surface area contributed by atoms with Crippen LogP contribution in [0.5, 0.6) is 11.6 Å². The summed E-state index contributed by atoms with van der Waals surface area (Å²) in [6.45, 7) is 1.87. The maximum Gasteiger partial charge on any atom is 0.234 e. The van der Waals surface area contributed by atoms with Crippen LogP contribution in [0.1, 0.15) is 11.1 Å². The highest BCUT2D eigenvalue weighted by Gasteiger charge is 2.11. The molecule has 2 rings (SSSR count). The Kier molecular flexibility index (Phi) is 3.49. The molecule has 0 aliphatic carbocycles. The average Bonchev–Trinajstić information content (AvgIpc) is 2.40. The third kappa shape index (κ3) is 2.29. The largest absolute Gasteiger partial charge is 0.436 e. The van der Waals surface area contributed by atoms with Gasteiger partial charge in [0.25, 0.3) is 0 Å². The molecule has 0 spiro atoms. The summed E-state index contributed by atoms with van der Waals surface area (Å²) in [6, 6.07) is 9.06. The first kappa shape index (κ1) is 12.4. The van der Waals surface area contributed by atoms with Crippen LogP contribution in [0.25, 0.3) is 0 Å². The Morgan fingerprint density at radius 3 is 2.83 bits per heavy atom. The van der Waals surface area contributed by atoms with Gasteiger partial charge in [0.05, 0.1) is 21.9 Å².